The van der Waals surface area contributed by atoms with Crippen molar-refractivity contribution in [2.24, 2.45) is 5.10 Å². The molecule has 0 saturated carbocycles. The first-order valence-electron chi connectivity index (χ1n) is 6.48. The first kappa shape index (κ1) is 16.5. The Kier molecular flexibility index (Phi) is 5.52. The number of carbonyl (C=O) groups excluding carboxylic acids is 1. The Morgan fingerprint density at radius 1 is 1.18 bits per heavy atom. The van der Waals surface area contributed by atoms with Crippen LogP contribution < -0.4 is 5.43 Å². The van der Waals surface area contributed by atoms with Crippen LogP contribution in [0.5, 0.6) is 0 Å². The monoisotopic (exact) mass is 338 g/mol. The number of rotatable bonds is 4. The highest BCUT2D eigenvalue weighted by molar-refractivity contribution is 6.36. The zero-order chi connectivity index (χ0) is 16.1. The van der Waals surface area contributed by atoms with E-state index in [-0.39, 0.29) is 18.1 Å². The zero-order valence-corrected chi connectivity index (χ0v) is 13.2. The van der Waals surface area contributed by atoms with Gasteiger partial charge in [0, 0.05) is 15.6 Å². The summed E-state index contributed by atoms with van der Waals surface area (Å²) in [5.74, 6) is -0.641. The Labute approximate surface area is 137 Å². The average molecular weight is 339 g/mol. The highest BCUT2D eigenvalue weighted by Crippen LogP contribution is 2.21. The van der Waals surface area contributed by atoms with Crippen molar-refractivity contribution in [3.05, 3.63) is 69.5 Å². The Morgan fingerprint density at radius 3 is 2.55 bits per heavy atom. The quantitative estimate of drug-likeness (QED) is 0.658. The Balaban J connectivity index is 2.02. The van der Waals surface area contributed by atoms with Crippen LogP contribution in [0.3, 0.4) is 0 Å². The summed E-state index contributed by atoms with van der Waals surface area (Å²) in [6.07, 6.45) is 0.111. The van der Waals surface area contributed by atoms with Gasteiger partial charge in [-0.05, 0) is 42.8 Å². The van der Waals surface area contributed by atoms with Crippen LogP contribution in [0.2, 0.25) is 10.0 Å². The lowest BCUT2D eigenvalue weighted by Crippen LogP contribution is -2.21. The van der Waals surface area contributed by atoms with E-state index < -0.39 is 0 Å². The summed E-state index contributed by atoms with van der Waals surface area (Å²) in [5, 5.41) is 5.04. The van der Waals surface area contributed by atoms with E-state index in [1.165, 1.54) is 12.1 Å². The normalized spacial score (nSPS) is 11.4. The fourth-order valence-corrected chi connectivity index (χ4v) is 2.23. The van der Waals surface area contributed by atoms with E-state index in [2.05, 4.69) is 10.5 Å². The molecule has 0 aliphatic carbocycles. The van der Waals surface area contributed by atoms with Crippen LogP contribution in [0.1, 0.15) is 18.1 Å². The lowest BCUT2D eigenvalue weighted by Gasteiger charge is -2.05. The molecular formula is C16H13Cl2FN2O. The molecule has 2 aromatic rings. The molecule has 0 fully saturated rings. The fraction of sp³-hybridized carbons (Fsp3) is 0.125. The molecule has 2 aromatic carbocycles. The van der Waals surface area contributed by atoms with Crippen molar-refractivity contribution in [2.45, 2.75) is 13.3 Å². The van der Waals surface area contributed by atoms with E-state index >= 15 is 0 Å². The van der Waals surface area contributed by atoms with Crippen LogP contribution in [0.15, 0.2) is 47.6 Å². The molecule has 0 unspecified atom stereocenters. The Morgan fingerprint density at radius 2 is 1.86 bits per heavy atom. The maximum absolute atomic E-state index is 12.8. The maximum atomic E-state index is 12.8. The van der Waals surface area contributed by atoms with Crippen molar-refractivity contribution in [2.75, 3.05) is 0 Å². The number of hydrogen-bond acceptors (Lipinski definition) is 2. The number of benzene rings is 2. The number of nitrogens with zero attached hydrogens (tertiary/aromatic N) is 1. The third-order valence-electron chi connectivity index (χ3n) is 2.94. The molecule has 1 amide bonds. The highest BCUT2D eigenvalue weighted by atomic mass is 35.5. The minimum atomic E-state index is -0.339. The van der Waals surface area contributed by atoms with Crippen molar-refractivity contribution < 1.29 is 9.18 Å². The van der Waals surface area contributed by atoms with Crippen LogP contribution >= 0.6 is 23.2 Å². The number of nitrogens with one attached hydrogen (secondary N) is 1. The smallest absolute Gasteiger partial charge is 0.244 e. The van der Waals surface area contributed by atoms with E-state index in [1.54, 1.807) is 37.3 Å². The number of hydrazone groups is 1. The summed E-state index contributed by atoms with van der Waals surface area (Å²) >= 11 is 12.0. The van der Waals surface area contributed by atoms with Gasteiger partial charge in [0.25, 0.3) is 0 Å². The topological polar surface area (TPSA) is 41.5 Å². The summed E-state index contributed by atoms with van der Waals surface area (Å²) in [7, 11) is 0. The Hall–Kier alpha value is -1.91. The standard InChI is InChI=1S/C16H13Cl2FN2O/c1-10(14-9-12(17)4-7-15(14)18)20-21-16(22)8-11-2-5-13(19)6-3-11/h2-7,9H,8H2,1H3,(H,21,22)/b20-10-. The van der Waals surface area contributed by atoms with Crippen LogP contribution in [0.25, 0.3) is 0 Å². The second-order valence-electron chi connectivity index (χ2n) is 4.66. The molecule has 1 N–H and O–H groups in total. The summed E-state index contributed by atoms with van der Waals surface area (Å²) in [6, 6.07) is 10.7. The van der Waals surface area contributed by atoms with Gasteiger partial charge in [0.05, 0.1) is 12.1 Å². The van der Waals surface area contributed by atoms with Crippen LogP contribution in [0, 0.1) is 5.82 Å². The van der Waals surface area contributed by atoms with Gasteiger partial charge < -0.3 is 0 Å². The number of halogens is 3. The molecule has 0 heterocycles. The van der Waals surface area contributed by atoms with Gasteiger partial charge in [0.2, 0.25) is 5.91 Å². The van der Waals surface area contributed by atoms with Gasteiger partial charge in [-0.25, -0.2) is 9.82 Å². The van der Waals surface area contributed by atoms with Gasteiger partial charge in [-0.2, -0.15) is 5.10 Å². The molecule has 0 atom stereocenters. The predicted octanol–water partition coefficient (Wildman–Crippen LogP) is 4.22. The average Bonchev–Trinajstić information content (AvgIpc) is 2.49. The molecule has 0 spiro atoms. The molecule has 2 rings (SSSR count). The largest absolute Gasteiger partial charge is 0.273 e. The number of carbonyl (C=O) groups is 1. The van der Waals surface area contributed by atoms with E-state index in [9.17, 15) is 9.18 Å². The Bertz CT molecular complexity index is 715. The molecule has 0 aliphatic heterocycles. The van der Waals surface area contributed by atoms with Crippen LogP contribution in [-0.4, -0.2) is 11.6 Å². The summed E-state index contributed by atoms with van der Waals surface area (Å²) in [5.41, 5.74) is 4.34. The van der Waals surface area contributed by atoms with Crippen molar-refractivity contribution in [3.8, 4) is 0 Å². The van der Waals surface area contributed by atoms with Gasteiger partial charge in [-0.3, -0.25) is 4.79 Å². The van der Waals surface area contributed by atoms with Gasteiger partial charge in [0.15, 0.2) is 0 Å². The van der Waals surface area contributed by atoms with Crippen molar-refractivity contribution in [1.82, 2.24) is 5.43 Å². The van der Waals surface area contributed by atoms with Gasteiger partial charge in [-0.15, -0.1) is 0 Å². The zero-order valence-electron chi connectivity index (χ0n) is 11.7. The third kappa shape index (κ3) is 4.55. The molecular weight excluding hydrogens is 326 g/mol. The molecule has 0 bridgehead atoms. The second kappa shape index (κ2) is 7.38. The molecule has 0 aliphatic rings. The minimum Gasteiger partial charge on any atom is -0.273 e. The molecule has 3 nitrogen and oxygen atoms in total. The molecule has 114 valence electrons. The minimum absolute atomic E-state index is 0.111. The summed E-state index contributed by atoms with van der Waals surface area (Å²) < 4.78 is 12.8. The van der Waals surface area contributed by atoms with Gasteiger partial charge in [-0.1, -0.05) is 35.3 Å². The molecule has 0 radical (unpaired) electrons. The first-order chi connectivity index (χ1) is 10.5. The molecule has 0 saturated heterocycles. The van der Waals surface area contributed by atoms with E-state index in [0.29, 0.717) is 26.9 Å². The SMILES string of the molecule is C/C(=N/NC(=O)Cc1ccc(F)cc1)c1cc(Cl)ccc1Cl. The number of amides is 1. The lowest BCUT2D eigenvalue weighted by molar-refractivity contribution is -0.120. The van der Waals surface area contributed by atoms with E-state index in [0.717, 1.165) is 0 Å². The maximum Gasteiger partial charge on any atom is 0.244 e. The fourth-order valence-electron chi connectivity index (χ4n) is 1.81. The van der Waals surface area contributed by atoms with Crippen molar-refractivity contribution >= 4 is 34.8 Å². The first-order valence-corrected chi connectivity index (χ1v) is 7.24. The van der Waals surface area contributed by atoms with Gasteiger partial charge in [0.1, 0.15) is 5.82 Å². The van der Waals surface area contributed by atoms with Crippen molar-refractivity contribution in [1.29, 1.82) is 0 Å². The molecule has 6 heteroatoms. The summed E-state index contributed by atoms with van der Waals surface area (Å²) in [4.78, 5) is 11.8. The molecule has 0 aromatic heterocycles. The second-order valence-corrected chi connectivity index (χ2v) is 5.50. The van der Waals surface area contributed by atoms with Crippen molar-refractivity contribution in [3.63, 3.8) is 0 Å². The van der Waals surface area contributed by atoms with Gasteiger partial charge >= 0.3 is 0 Å². The predicted molar refractivity (Wildman–Crippen MR) is 86.9 cm³/mol. The summed E-state index contributed by atoms with van der Waals surface area (Å²) in [6.45, 7) is 1.72. The van der Waals surface area contributed by atoms with Crippen LogP contribution in [0.4, 0.5) is 4.39 Å². The van der Waals surface area contributed by atoms with E-state index in [4.69, 9.17) is 23.2 Å². The molecule has 22 heavy (non-hydrogen) atoms. The third-order valence-corrected chi connectivity index (χ3v) is 3.51. The van der Waals surface area contributed by atoms with Crippen LogP contribution in [-0.2, 0) is 11.2 Å². The number of hydrogen-bond donors (Lipinski definition) is 1. The lowest BCUT2D eigenvalue weighted by atomic mass is 10.1. The van der Waals surface area contributed by atoms with E-state index in [1.807, 2.05) is 0 Å². The highest BCUT2D eigenvalue weighted by Gasteiger charge is 2.07.